The van der Waals surface area contributed by atoms with Crippen molar-refractivity contribution in [3.63, 3.8) is 0 Å². The van der Waals surface area contributed by atoms with E-state index in [1.165, 1.54) is 17.7 Å². The molecule has 0 fully saturated rings. The second kappa shape index (κ2) is 7.89. The lowest BCUT2D eigenvalue weighted by atomic mass is 10.1. The highest BCUT2D eigenvalue weighted by atomic mass is 32.1. The van der Waals surface area contributed by atoms with E-state index in [-0.39, 0.29) is 0 Å². The van der Waals surface area contributed by atoms with Crippen molar-refractivity contribution in [2.75, 3.05) is 5.32 Å². The Bertz CT molecular complexity index is 1280. The van der Waals surface area contributed by atoms with Gasteiger partial charge in [0, 0.05) is 16.9 Å². The quantitative estimate of drug-likeness (QED) is 0.519. The number of anilines is 2. The van der Waals surface area contributed by atoms with Crippen molar-refractivity contribution in [3.8, 4) is 34.0 Å². The van der Waals surface area contributed by atoms with Crippen LogP contribution in [0.4, 0.5) is 10.8 Å². The highest BCUT2D eigenvalue weighted by Crippen LogP contribution is 2.39. The van der Waals surface area contributed by atoms with Crippen LogP contribution >= 0.6 is 11.3 Å². The van der Waals surface area contributed by atoms with Gasteiger partial charge in [0.05, 0.1) is 39.5 Å². The summed E-state index contributed by atoms with van der Waals surface area (Å²) in [6, 6.07) is 20.8. The van der Waals surface area contributed by atoms with Crippen LogP contribution in [0.1, 0.15) is 16.8 Å². The van der Waals surface area contributed by atoms with E-state index in [1.54, 1.807) is 18.2 Å². The molecule has 0 bridgehead atoms. The van der Waals surface area contributed by atoms with Crippen molar-refractivity contribution in [2.45, 2.75) is 6.92 Å². The molecule has 2 heterocycles. The highest BCUT2D eigenvalue weighted by Gasteiger charge is 2.17. The minimum atomic E-state index is 0.566. The van der Waals surface area contributed by atoms with Gasteiger partial charge in [0.2, 0.25) is 0 Å². The Morgan fingerprint density at radius 2 is 1.69 bits per heavy atom. The predicted octanol–water partition coefficient (Wildman–Crippen LogP) is 5.06. The standard InChI is InChI=1S/C22H14N6S/c1-14-8-19(26-13-25-14)21-20(17-6-2-4-15(9-17)11-23)28-22(29-21)27-18-7-3-5-16(10-18)12-24/h2-10,13H,1H3,(H,27,28). The molecule has 0 saturated heterocycles. The molecule has 6 nitrogen and oxygen atoms in total. The Morgan fingerprint density at radius 1 is 0.931 bits per heavy atom. The fourth-order valence-corrected chi connectivity index (χ4v) is 3.82. The molecule has 0 spiro atoms. The zero-order valence-electron chi connectivity index (χ0n) is 15.4. The van der Waals surface area contributed by atoms with Crippen molar-refractivity contribution < 1.29 is 0 Å². The summed E-state index contributed by atoms with van der Waals surface area (Å²) in [5.41, 5.74) is 5.12. The summed E-state index contributed by atoms with van der Waals surface area (Å²) in [4.78, 5) is 14.2. The van der Waals surface area contributed by atoms with Gasteiger partial charge in [-0.2, -0.15) is 10.5 Å². The van der Waals surface area contributed by atoms with E-state index < -0.39 is 0 Å². The van der Waals surface area contributed by atoms with Crippen molar-refractivity contribution in [3.05, 3.63) is 77.7 Å². The summed E-state index contributed by atoms with van der Waals surface area (Å²) < 4.78 is 0. The Balaban J connectivity index is 1.82. The maximum atomic E-state index is 9.25. The molecule has 1 N–H and O–H groups in total. The van der Waals surface area contributed by atoms with E-state index in [4.69, 9.17) is 10.2 Å². The summed E-state index contributed by atoms with van der Waals surface area (Å²) >= 11 is 1.46. The molecule has 2 aromatic carbocycles. The molecule has 0 aliphatic rings. The van der Waals surface area contributed by atoms with Gasteiger partial charge >= 0.3 is 0 Å². The molecule has 2 aromatic heterocycles. The number of hydrogen-bond donors (Lipinski definition) is 1. The molecule has 0 aliphatic heterocycles. The summed E-state index contributed by atoms with van der Waals surface area (Å²) in [7, 11) is 0. The number of nitrogens with one attached hydrogen (secondary N) is 1. The minimum absolute atomic E-state index is 0.566. The molecule has 0 aliphatic carbocycles. The maximum Gasteiger partial charge on any atom is 0.188 e. The number of nitriles is 2. The van der Waals surface area contributed by atoms with E-state index in [2.05, 4.69) is 27.4 Å². The zero-order chi connectivity index (χ0) is 20.2. The number of aryl methyl sites for hydroxylation is 1. The largest absolute Gasteiger partial charge is 0.331 e. The van der Waals surface area contributed by atoms with Gasteiger partial charge in [-0.15, -0.1) is 0 Å². The van der Waals surface area contributed by atoms with Crippen LogP contribution in [0.25, 0.3) is 21.8 Å². The van der Waals surface area contributed by atoms with E-state index >= 15 is 0 Å². The number of aromatic nitrogens is 3. The van der Waals surface area contributed by atoms with Crippen LogP contribution in [0.5, 0.6) is 0 Å². The molecule has 0 saturated carbocycles. The van der Waals surface area contributed by atoms with Gasteiger partial charge in [-0.25, -0.2) is 15.0 Å². The molecule has 29 heavy (non-hydrogen) atoms. The second-order valence-corrected chi connectivity index (χ2v) is 7.25. The van der Waals surface area contributed by atoms with Crippen LogP contribution in [0.3, 0.4) is 0 Å². The molecule has 0 radical (unpaired) electrons. The average molecular weight is 394 g/mol. The third-order valence-electron chi connectivity index (χ3n) is 4.17. The Labute approximate surface area is 171 Å². The van der Waals surface area contributed by atoms with Gasteiger partial charge in [-0.1, -0.05) is 29.5 Å². The Hall–Kier alpha value is -4.07. The third kappa shape index (κ3) is 3.96. The molecule has 138 valence electrons. The number of nitrogens with zero attached hydrogens (tertiary/aromatic N) is 5. The van der Waals surface area contributed by atoms with Gasteiger partial charge in [0.1, 0.15) is 6.33 Å². The zero-order valence-corrected chi connectivity index (χ0v) is 16.2. The summed E-state index contributed by atoms with van der Waals surface area (Å²) in [6.45, 7) is 1.91. The molecule has 7 heteroatoms. The topological polar surface area (TPSA) is 98.3 Å². The van der Waals surface area contributed by atoms with E-state index in [0.717, 1.165) is 33.2 Å². The van der Waals surface area contributed by atoms with Gasteiger partial charge in [-0.3, -0.25) is 0 Å². The van der Waals surface area contributed by atoms with Crippen LogP contribution in [-0.4, -0.2) is 15.0 Å². The van der Waals surface area contributed by atoms with Crippen LogP contribution < -0.4 is 5.32 Å². The van der Waals surface area contributed by atoms with E-state index in [9.17, 15) is 5.26 Å². The summed E-state index contributed by atoms with van der Waals surface area (Å²) in [5, 5.41) is 22.3. The first-order valence-electron chi connectivity index (χ1n) is 8.74. The van der Waals surface area contributed by atoms with E-state index in [0.29, 0.717) is 16.3 Å². The van der Waals surface area contributed by atoms with Crippen molar-refractivity contribution >= 4 is 22.2 Å². The predicted molar refractivity (Wildman–Crippen MR) is 112 cm³/mol. The number of thiazole rings is 1. The SMILES string of the molecule is Cc1cc(-c2sc(Nc3cccc(C#N)c3)nc2-c2cccc(C#N)c2)ncn1. The molecular formula is C22H14N6S. The second-order valence-electron chi connectivity index (χ2n) is 6.25. The average Bonchev–Trinajstić information content (AvgIpc) is 3.18. The first kappa shape index (κ1) is 18.3. The van der Waals surface area contributed by atoms with Crippen molar-refractivity contribution in [1.29, 1.82) is 10.5 Å². The lowest BCUT2D eigenvalue weighted by Gasteiger charge is -2.03. The lowest BCUT2D eigenvalue weighted by Crippen LogP contribution is -1.91. The van der Waals surface area contributed by atoms with Gasteiger partial charge in [0.15, 0.2) is 5.13 Å². The van der Waals surface area contributed by atoms with Gasteiger partial charge in [0.25, 0.3) is 0 Å². The summed E-state index contributed by atoms with van der Waals surface area (Å²) in [6.07, 6.45) is 1.53. The fraction of sp³-hybridized carbons (Fsp3) is 0.0455. The molecule has 4 aromatic rings. The van der Waals surface area contributed by atoms with Crippen LogP contribution in [-0.2, 0) is 0 Å². The number of hydrogen-bond acceptors (Lipinski definition) is 7. The normalized spacial score (nSPS) is 10.2. The van der Waals surface area contributed by atoms with Gasteiger partial charge < -0.3 is 5.32 Å². The molecule has 0 amide bonds. The summed E-state index contributed by atoms with van der Waals surface area (Å²) in [5.74, 6) is 0. The van der Waals surface area contributed by atoms with Crippen molar-refractivity contribution in [1.82, 2.24) is 15.0 Å². The van der Waals surface area contributed by atoms with Crippen LogP contribution in [0.15, 0.2) is 60.9 Å². The Morgan fingerprint density at radius 3 is 2.45 bits per heavy atom. The molecule has 4 rings (SSSR count). The lowest BCUT2D eigenvalue weighted by molar-refractivity contribution is 1.11. The molecule has 0 unspecified atom stereocenters. The molecular weight excluding hydrogens is 380 g/mol. The van der Waals surface area contributed by atoms with Gasteiger partial charge in [-0.05, 0) is 43.3 Å². The van der Waals surface area contributed by atoms with Crippen LogP contribution in [0, 0.1) is 29.6 Å². The monoisotopic (exact) mass is 394 g/mol. The van der Waals surface area contributed by atoms with Crippen LogP contribution in [0.2, 0.25) is 0 Å². The Kier molecular flexibility index (Phi) is 4.98. The minimum Gasteiger partial charge on any atom is -0.331 e. The fourth-order valence-electron chi connectivity index (χ4n) is 2.85. The van der Waals surface area contributed by atoms with Crippen molar-refractivity contribution in [2.24, 2.45) is 0 Å². The maximum absolute atomic E-state index is 9.25. The van der Waals surface area contributed by atoms with E-state index in [1.807, 2.05) is 43.3 Å². The first-order valence-corrected chi connectivity index (χ1v) is 9.55. The smallest absolute Gasteiger partial charge is 0.188 e. The number of rotatable bonds is 4. The first-order chi connectivity index (χ1) is 14.2. The molecule has 0 atom stereocenters. The third-order valence-corrected chi connectivity index (χ3v) is 5.16. The number of benzene rings is 2. The highest BCUT2D eigenvalue weighted by molar-refractivity contribution is 7.19.